The SMILES string of the molecule is COc1ccc(OC)c(-c2csc(=NCCc3ccccc3)n2N=Cc2ccc([N+](=O)[O-])o2)c1. The second-order valence-corrected chi connectivity index (χ2v) is 7.91. The third-order valence-corrected chi connectivity index (χ3v) is 5.81. The number of benzene rings is 2. The Balaban J connectivity index is 1.75. The van der Waals surface area contributed by atoms with Gasteiger partial charge in [-0.15, -0.1) is 11.3 Å². The van der Waals surface area contributed by atoms with Gasteiger partial charge in [0.1, 0.15) is 16.4 Å². The van der Waals surface area contributed by atoms with Crippen LogP contribution in [0.15, 0.2) is 80.6 Å². The van der Waals surface area contributed by atoms with Crippen LogP contribution in [0.3, 0.4) is 0 Å². The zero-order valence-corrected chi connectivity index (χ0v) is 19.4. The highest BCUT2D eigenvalue weighted by atomic mass is 32.1. The van der Waals surface area contributed by atoms with Gasteiger partial charge >= 0.3 is 5.88 Å². The summed E-state index contributed by atoms with van der Waals surface area (Å²) >= 11 is 1.43. The number of ether oxygens (including phenoxy) is 2. The lowest BCUT2D eigenvalue weighted by Gasteiger charge is -2.11. The Bertz CT molecular complexity index is 1370. The Morgan fingerprint density at radius 1 is 1.12 bits per heavy atom. The van der Waals surface area contributed by atoms with Crippen LogP contribution in [0.4, 0.5) is 5.88 Å². The Morgan fingerprint density at radius 3 is 2.65 bits per heavy atom. The van der Waals surface area contributed by atoms with Crippen molar-refractivity contribution in [1.82, 2.24) is 4.68 Å². The molecule has 9 nitrogen and oxygen atoms in total. The van der Waals surface area contributed by atoms with E-state index in [0.29, 0.717) is 22.8 Å². The van der Waals surface area contributed by atoms with Crippen molar-refractivity contribution in [2.75, 3.05) is 20.8 Å². The molecule has 174 valence electrons. The first-order valence-electron chi connectivity index (χ1n) is 10.3. The van der Waals surface area contributed by atoms with Crippen molar-refractivity contribution < 1.29 is 18.8 Å². The summed E-state index contributed by atoms with van der Waals surface area (Å²) in [5, 5.41) is 17.4. The van der Waals surface area contributed by atoms with Gasteiger partial charge in [0.15, 0.2) is 5.76 Å². The van der Waals surface area contributed by atoms with Gasteiger partial charge in [-0.1, -0.05) is 30.3 Å². The predicted octanol–water partition coefficient (Wildman–Crippen LogP) is 4.76. The second kappa shape index (κ2) is 10.6. The first-order chi connectivity index (χ1) is 16.6. The average Bonchev–Trinajstić information content (AvgIpc) is 3.50. The summed E-state index contributed by atoms with van der Waals surface area (Å²) in [5.41, 5.74) is 2.69. The Kier molecular flexibility index (Phi) is 7.19. The van der Waals surface area contributed by atoms with Crippen LogP contribution in [-0.4, -0.2) is 36.6 Å². The van der Waals surface area contributed by atoms with Crippen LogP contribution in [0.2, 0.25) is 0 Å². The first-order valence-corrected chi connectivity index (χ1v) is 11.2. The van der Waals surface area contributed by atoms with E-state index >= 15 is 0 Å². The molecule has 0 N–H and O–H groups in total. The second-order valence-electron chi connectivity index (χ2n) is 7.08. The van der Waals surface area contributed by atoms with Crippen LogP contribution < -0.4 is 14.3 Å². The standard InChI is InChI=1S/C24H22N4O5S/c1-31-18-8-10-22(32-2)20(14-18)21-16-34-24(25-13-12-17-6-4-3-5-7-17)27(21)26-15-19-9-11-23(33-19)28(29)30/h3-11,14-16H,12-13H2,1-2H3. The highest BCUT2D eigenvalue weighted by Crippen LogP contribution is 2.33. The maximum atomic E-state index is 10.9. The molecule has 0 aliphatic rings. The number of methoxy groups -OCH3 is 2. The monoisotopic (exact) mass is 478 g/mol. The fourth-order valence-electron chi connectivity index (χ4n) is 3.27. The molecule has 2 heterocycles. The van der Waals surface area contributed by atoms with Crippen LogP contribution in [0.25, 0.3) is 11.3 Å². The van der Waals surface area contributed by atoms with E-state index in [1.165, 1.54) is 35.2 Å². The van der Waals surface area contributed by atoms with Gasteiger partial charge < -0.3 is 13.9 Å². The van der Waals surface area contributed by atoms with Crippen molar-refractivity contribution >= 4 is 23.4 Å². The third-order valence-electron chi connectivity index (χ3n) is 4.95. The van der Waals surface area contributed by atoms with Crippen LogP contribution in [0.5, 0.6) is 11.5 Å². The van der Waals surface area contributed by atoms with Gasteiger partial charge in [0.2, 0.25) is 4.80 Å². The van der Waals surface area contributed by atoms with Crippen molar-refractivity contribution in [2.24, 2.45) is 10.1 Å². The first kappa shape index (κ1) is 23.0. The highest BCUT2D eigenvalue weighted by Gasteiger charge is 2.15. The molecule has 34 heavy (non-hydrogen) atoms. The number of aromatic nitrogens is 1. The molecule has 0 amide bonds. The van der Waals surface area contributed by atoms with E-state index in [1.54, 1.807) is 18.9 Å². The summed E-state index contributed by atoms with van der Waals surface area (Å²) in [4.78, 5) is 15.7. The van der Waals surface area contributed by atoms with E-state index in [2.05, 4.69) is 17.2 Å². The van der Waals surface area contributed by atoms with E-state index in [1.807, 2.05) is 41.8 Å². The van der Waals surface area contributed by atoms with E-state index in [9.17, 15) is 10.1 Å². The molecule has 10 heteroatoms. The number of nitrogens with zero attached hydrogens (tertiary/aromatic N) is 4. The van der Waals surface area contributed by atoms with Gasteiger partial charge in [-0.05, 0) is 36.2 Å². The molecule has 2 aromatic heterocycles. The molecule has 4 rings (SSSR count). The minimum atomic E-state index is -0.591. The van der Waals surface area contributed by atoms with Crippen LogP contribution in [0.1, 0.15) is 11.3 Å². The molecule has 0 aliphatic heterocycles. The molecule has 0 saturated carbocycles. The lowest BCUT2D eigenvalue weighted by Crippen LogP contribution is -2.13. The summed E-state index contributed by atoms with van der Waals surface area (Å²) in [6.07, 6.45) is 2.21. The largest absolute Gasteiger partial charge is 0.497 e. The quantitative estimate of drug-likeness (QED) is 0.196. The smallest absolute Gasteiger partial charge is 0.433 e. The van der Waals surface area contributed by atoms with E-state index in [4.69, 9.17) is 18.9 Å². The Labute approximate surface area is 199 Å². The topological polar surface area (TPSA) is 104 Å². The fourth-order valence-corrected chi connectivity index (χ4v) is 4.12. The molecule has 0 aliphatic carbocycles. The number of hydrogen-bond acceptors (Lipinski definition) is 8. The Morgan fingerprint density at radius 2 is 1.94 bits per heavy atom. The minimum absolute atomic E-state index is 0.254. The average molecular weight is 479 g/mol. The lowest BCUT2D eigenvalue weighted by atomic mass is 10.1. The van der Waals surface area contributed by atoms with Gasteiger partial charge in [0.05, 0.1) is 32.2 Å². The molecule has 4 aromatic rings. The zero-order valence-electron chi connectivity index (χ0n) is 18.6. The van der Waals surface area contributed by atoms with Crippen molar-refractivity contribution in [1.29, 1.82) is 0 Å². The number of thiazole rings is 1. The fraction of sp³-hybridized carbons (Fsp3) is 0.167. The van der Waals surface area contributed by atoms with E-state index in [0.717, 1.165) is 17.7 Å². The van der Waals surface area contributed by atoms with Crippen molar-refractivity contribution in [3.05, 3.63) is 92.3 Å². The molecule has 0 saturated heterocycles. The summed E-state index contributed by atoms with van der Waals surface area (Å²) in [7, 11) is 3.19. The summed E-state index contributed by atoms with van der Waals surface area (Å²) in [6, 6.07) is 18.4. The number of furan rings is 1. The molecule has 0 unspecified atom stereocenters. The molecule has 0 fully saturated rings. The van der Waals surface area contributed by atoms with E-state index < -0.39 is 4.92 Å². The Hall–Kier alpha value is -4.18. The van der Waals surface area contributed by atoms with Crippen molar-refractivity contribution in [2.45, 2.75) is 6.42 Å². The maximum absolute atomic E-state index is 10.9. The van der Waals surface area contributed by atoms with Gasteiger partial charge in [-0.25, -0.2) is 4.68 Å². The summed E-state index contributed by atoms with van der Waals surface area (Å²) in [6.45, 7) is 0.570. The molecule has 0 spiro atoms. The molecular formula is C24H22N4O5S. The minimum Gasteiger partial charge on any atom is -0.497 e. The van der Waals surface area contributed by atoms with Crippen molar-refractivity contribution in [3.8, 4) is 22.8 Å². The molecule has 0 atom stereocenters. The van der Waals surface area contributed by atoms with Crippen LogP contribution >= 0.6 is 11.3 Å². The lowest BCUT2D eigenvalue weighted by molar-refractivity contribution is -0.402. The molecule has 0 bridgehead atoms. The third kappa shape index (κ3) is 5.24. The summed E-state index contributed by atoms with van der Waals surface area (Å²) < 4.78 is 17.8. The van der Waals surface area contributed by atoms with E-state index in [-0.39, 0.29) is 11.6 Å². The van der Waals surface area contributed by atoms with Gasteiger partial charge in [0.25, 0.3) is 0 Å². The number of hydrogen-bond donors (Lipinski definition) is 0. The zero-order chi connectivity index (χ0) is 23.9. The predicted molar refractivity (Wildman–Crippen MR) is 130 cm³/mol. The molecule has 2 aromatic carbocycles. The number of rotatable bonds is 9. The number of nitro groups is 1. The van der Waals surface area contributed by atoms with Crippen molar-refractivity contribution in [3.63, 3.8) is 0 Å². The van der Waals surface area contributed by atoms with Gasteiger partial charge in [0, 0.05) is 17.5 Å². The van der Waals surface area contributed by atoms with Crippen LogP contribution in [0, 0.1) is 10.1 Å². The maximum Gasteiger partial charge on any atom is 0.433 e. The summed E-state index contributed by atoms with van der Waals surface area (Å²) in [5.74, 6) is 1.22. The molecular weight excluding hydrogens is 456 g/mol. The van der Waals surface area contributed by atoms with Crippen LogP contribution in [-0.2, 0) is 6.42 Å². The highest BCUT2D eigenvalue weighted by molar-refractivity contribution is 7.07. The molecule has 0 radical (unpaired) electrons. The van der Waals surface area contributed by atoms with Gasteiger partial charge in [-0.3, -0.25) is 15.1 Å². The van der Waals surface area contributed by atoms with Gasteiger partial charge in [-0.2, -0.15) is 5.10 Å². The normalized spacial score (nSPS) is 11.8.